The number of esters is 1. The Morgan fingerprint density at radius 1 is 1.18 bits per heavy atom. The lowest BCUT2D eigenvalue weighted by molar-refractivity contribution is -0.147. The van der Waals surface area contributed by atoms with Crippen LogP contribution in [0.3, 0.4) is 0 Å². The molecule has 0 bridgehead atoms. The molecule has 0 spiro atoms. The Morgan fingerprint density at radius 2 is 1.77 bits per heavy atom. The number of hydrogen-bond acceptors (Lipinski definition) is 4. The van der Waals surface area contributed by atoms with Gasteiger partial charge in [0.15, 0.2) is 0 Å². The largest absolute Gasteiger partial charge is 0.464 e. The third-order valence-electron chi connectivity index (χ3n) is 2.96. The zero-order valence-corrected chi connectivity index (χ0v) is 13.7. The normalized spacial score (nSPS) is 15.7. The quantitative estimate of drug-likeness (QED) is 0.430. The van der Waals surface area contributed by atoms with Gasteiger partial charge in [-0.15, -0.1) is 0 Å². The van der Waals surface area contributed by atoms with Crippen LogP contribution in [0.5, 0.6) is 0 Å². The van der Waals surface area contributed by atoms with Gasteiger partial charge in [0.25, 0.3) is 11.8 Å². The van der Waals surface area contributed by atoms with E-state index in [1.165, 1.54) is 25.0 Å². The van der Waals surface area contributed by atoms with E-state index >= 15 is 0 Å². The molecular formula is C17H25NO4. The first-order valence-electron chi connectivity index (χ1n) is 7.48. The van der Waals surface area contributed by atoms with Crippen molar-refractivity contribution in [1.29, 1.82) is 0 Å². The van der Waals surface area contributed by atoms with Crippen molar-refractivity contribution >= 4 is 17.8 Å². The summed E-state index contributed by atoms with van der Waals surface area (Å²) in [4.78, 5) is 35.5. The number of carbonyl (C=O) groups excluding carboxylic acids is 3. The van der Waals surface area contributed by atoms with Crippen molar-refractivity contribution in [3.8, 4) is 0 Å². The Kier molecular flexibility index (Phi) is 9.50. The molecule has 0 aromatic carbocycles. The topological polar surface area (TPSA) is 63.7 Å². The molecule has 1 saturated heterocycles. The highest BCUT2D eigenvalue weighted by atomic mass is 16.5. The first-order chi connectivity index (χ1) is 10.4. The van der Waals surface area contributed by atoms with Gasteiger partial charge in [0.05, 0.1) is 12.1 Å². The average Bonchev–Trinajstić information content (AvgIpc) is 2.72. The van der Waals surface area contributed by atoms with Crippen LogP contribution in [-0.2, 0) is 19.1 Å². The van der Waals surface area contributed by atoms with Crippen molar-refractivity contribution < 1.29 is 19.1 Å². The number of hydrogen-bond donors (Lipinski definition) is 0. The van der Waals surface area contributed by atoms with Gasteiger partial charge in [-0.05, 0) is 6.08 Å². The van der Waals surface area contributed by atoms with Crippen molar-refractivity contribution in [3.05, 3.63) is 36.5 Å². The summed E-state index contributed by atoms with van der Waals surface area (Å²) in [6.45, 7) is 13.1. The standard InChI is InChI=1S/C13H15NO4.C4H10/c1-4-6-10-9(3)12(16)14(13(10)17)7-8-18-11(15)5-2;1-3-4-2/h4,6H,1,3,5,7-8H2,2H3;3-4H2,1-2H3/b10-6+;. The number of carbonyl (C=O) groups is 3. The van der Waals surface area contributed by atoms with Crippen molar-refractivity contribution in [2.75, 3.05) is 13.2 Å². The number of rotatable bonds is 6. The van der Waals surface area contributed by atoms with E-state index in [2.05, 4.69) is 27.0 Å². The molecule has 1 aliphatic rings. The third-order valence-corrected chi connectivity index (χ3v) is 2.96. The van der Waals surface area contributed by atoms with E-state index in [0.717, 1.165) is 4.90 Å². The fraction of sp³-hybridized carbons (Fsp3) is 0.471. The summed E-state index contributed by atoms with van der Waals surface area (Å²) >= 11 is 0. The van der Waals surface area contributed by atoms with E-state index in [1.807, 2.05) is 0 Å². The van der Waals surface area contributed by atoms with Crippen LogP contribution in [0.25, 0.3) is 0 Å². The molecule has 1 rings (SSSR count). The maximum atomic E-state index is 11.8. The number of imide groups is 1. The van der Waals surface area contributed by atoms with Gasteiger partial charge in [-0.3, -0.25) is 19.3 Å². The highest BCUT2D eigenvalue weighted by Gasteiger charge is 2.36. The average molecular weight is 307 g/mol. The summed E-state index contributed by atoms with van der Waals surface area (Å²) in [6, 6.07) is 0. The Morgan fingerprint density at radius 3 is 2.23 bits per heavy atom. The van der Waals surface area contributed by atoms with E-state index in [1.54, 1.807) is 6.92 Å². The molecule has 5 nitrogen and oxygen atoms in total. The second kappa shape index (κ2) is 10.5. The van der Waals surface area contributed by atoms with Gasteiger partial charge in [0.1, 0.15) is 6.61 Å². The van der Waals surface area contributed by atoms with Crippen molar-refractivity contribution in [3.63, 3.8) is 0 Å². The Hall–Kier alpha value is -2.17. The molecule has 0 radical (unpaired) electrons. The van der Waals surface area contributed by atoms with E-state index in [-0.39, 0.29) is 36.7 Å². The summed E-state index contributed by atoms with van der Waals surface area (Å²) in [7, 11) is 0. The monoisotopic (exact) mass is 307 g/mol. The minimum absolute atomic E-state index is 0.00119. The molecule has 1 aliphatic heterocycles. The molecular weight excluding hydrogens is 282 g/mol. The van der Waals surface area contributed by atoms with Crippen molar-refractivity contribution in [1.82, 2.24) is 4.90 Å². The molecule has 1 fully saturated rings. The summed E-state index contributed by atoms with van der Waals surface area (Å²) in [5, 5.41) is 0. The van der Waals surface area contributed by atoms with E-state index in [9.17, 15) is 14.4 Å². The van der Waals surface area contributed by atoms with Crippen LogP contribution < -0.4 is 0 Å². The summed E-state index contributed by atoms with van der Waals surface area (Å²) < 4.78 is 4.83. The molecule has 0 aromatic heterocycles. The maximum absolute atomic E-state index is 11.8. The van der Waals surface area contributed by atoms with Crippen LogP contribution in [-0.4, -0.2) is 35.8 Å². The minimum Gasteiger partial charge on any atom is -0.464 e. The first kappa shape index (κ1) is 19.8. The number of unbranched alkanes of at least 4 members (excludes halogenated alkanes) is 1. The summed E-state index contributed by atoms with van der Waals surface area (Å²) in [5.41, 5.74) is 0.374. The molecule has 1 heterocycles. The minimum atomic E-state index is -0.458. The van der Waals surface area contributed by atoms with Gasteiger partial charge >= 0.3 is 5.97 Å². The molecule has 0 atom stereocenters. The molecule has 0 N–H and O–H groups in total. The van der Waals surface area contributed by atoms with Crippen LogP contribution in [0, 0.1) is 0 Å². The Labute approximate surface area is 132 Å². The molecule has 0 aromatic rings. The SMILES string of the molecule is C=C/C=C1\C(=C)C(=O)N(CCOC(=O)CC)C1=O.CCCC. The van der Waals surface area contributed by atoms with Crippen molar-refractivity contribution in [2.45, 2.75) is 40.0 Å². The molecule has 0 aliphatic carbocycles. The van der Waals surface area contributed by atoms with Gasteiger partial charge < -0.3 is 4.74 Å². The molecule has 5 heteroatoms. The predicted molar refractivity (Wildman–Crippen MR) is 86.0 cm³/mol. The lowest BCUT2D eigenvalue weighted by Crippen LogP contribution is -2.33. The summed E-state index contributed by atoms with van der Waals surface area (Å²) in [5.74, 6) is -1.26. The van der Waals surface area contributed by atoms with Crippen LogP contribution in [0.2, 0.25) is 0 Å². The number of ether oxygens (including phenoxy) is 1. The number of allylic oxidation sites excluding steroid dienone is 2. The molecule has 122 valence electrons. The molecule has 0 unspecified atom stereocenters. The second-order valence-electron chi connectivity index (χ2n) is 4.63. The van der Waals surface area contributed by atoms with Gasteiger partial charge in [0.2, 0.25) is 0 Å². The fourth-order valence-corrected chi connectivity index (χ4v) is 1.49. The lowest BCUT2D eigenvalue weighted by Gasteiger charge is -2.12. The number of nitrogens with zero attached hydrogens (tertiary/aromatic N) is 1. The zero-order valence-electron chi connectivity index (χ0n) is 13.7. The molecule has 22 heavy (non-hydrogen) atoms. The lowest BCUT2D eigenvalue weighted by atomic mass is 10.1. The van der Waals surface area contributed by atoms with E-state index in [4.69, 9.17) is 4.74 Å². The maximum Gasteiger partial charge on any atom is 0.305 e. The van der Waals surface area contributed by atoms with Gasteiger partial charge in [0, 0.05) is 12.0 Å². The fourth-order valence-electron chi connectivity index (χ4n) is 1.49. The van der Waals surface area contributed by atoms with Gasteiger partial charge in [-0.1, -0.05) is 52.8 Å². The van der Waals surface area contributed by atoms with Crippen LogP contribution in [0.1, 0.15) is 40.0 Å². The van der Waals surface area contributed by atoms with Gasteiger partial charge in [-0.25, -0.2) is 0 Å². The third kappa shape index (κ3) is 5.68. The Bertz CT molecular complexity index is 475. The predicted octanol–water partition coefficient (Wildman–Crippen LogP) is 2.78. The van der Waals surface area contributed by atoms with Gasteiger partial charge in [-0.2, -0.15) is 0 Å². The number of likely N-dealkylation sites (tertiary alicyclic amines) is 1. The van der Waals surface area contributed by atoms with Crippen LogP contribution in [0.15, 0.2) is 36.5 Å². The van der Waals surface area contributed by atoms with E-state index < -0.39 is 11.8 Å². The number of amides is 2. The van der Waals surface area contributed by atoms with Crippen LogP contribution in [0.4, 0.5) is 0 Å². The molecule has 2 amide bonds. The van der Waals surface area contributed by atoms with Crippen molar-refractivity contribution in [2.24, 2.45) is 0 Å². The van der Waals surface area contributed by atoms with E-state index in [0.29, 0.717) is 0 Å². The van der Waals surface area contributed by atoms with Crippen LogP contribution >= 0.6 is 0 Å². The molecule has 0 saturated carbocycles. The smallest absolute Gasteiger partial charge is 0.305 e. The summed E-state index contributed by atoms with van der Waals surface area (Å²) in [6.07, 6.45) is 5.77. The Balaban J connectivity index is 0.000000980. The first-order valence-corrected chi connectivity index (χ1v) is 7.48. The highest BCUT2D eigenvalue weighted by molar-refractivity contribution is 6.24. The second-order valence-corrected chi connectivity index (χ2v) is 4.63. The highest BCUT2D eigenvalue weighted by Crippen LogP contribution is 2.23. The zero-order chi connectivity index (χ0) is 17.1.